The van der Waals surface area contributed by atoms with Crippen molar-refractivity contribution in [3.63, 3.8) is 0 Å². The summed E-state index contributed by atoms with van der Waals surface area (Å²) in [7, 11) is 2.01. The van der Waals surface area contributed by atoms with Crippen LogP contribution in [0.15, 0.2) is 43.0 Å². The highest BCUT2D eigenvalue weighted by molar-refractivity contribution is 5.93. The van der Waals surface area contributed by atoms with Crippen molar-refractivity contribution in [1.82, 2.24) is 4.90 Å². The molecule has 0 saturated heterocycles. The molecule has 2 aliphatic rings. The molecule has 4 N–H and O–H groups in total. The molecule has 0 saturated carbocycles. The maximum Gasteiger partial charge on any atom is 0.248 e. The van der Waals surface area contributed by atoms with Gasteiger partial charge < -0.3 is 20.8 Å². The second-order valence-corrected chi connectivity index (χ2v) is 8.18. The van der Waals surface area contributed by atoms with Gasteiger partial charge in [-0.25, -0.2) is 0 Å². The van der Waals surface area contributed by atoms with Crippen LogP contribution in [0.25, 0.3) is 0 Å². The van der Waals surface area contributed by atoms with E-state index in [9.17, 15) is 15.0 Å². The Bertz CT molecular complexity index is 775. The van der Waals surface area contributed by atoms with Crippen molar-refractivity contribution in [2.75, 3.05) is 20.1 Å². The van der Waals surface area contributed by atoms with Crippen LogP contribution in [-0.4, -0.2) is 52.9 Å². The molecule has 4 atom stereocenters. The van der Waals surface area contributed by atoms with Gasteiger partial charge in [0.2, 0.25) is 5.91 Å². The van der Waals surface area contributed by atoms with Gasteiger partial charge in [-0.3, -0.25) is 4.79 Å². The first-order chi connectivity index (χ1) is 12.7. The third-order valence-electron chi connectivity index (χ3n) is 6.45. The van der Waals surface area contributed by atoms with Crippen molar-refractivity contribution in [3.8, 4) is 0 Å². The van der Waals surface area contributed by atoms with Gasteiger partial charge in [-0.1, -0.05) is 31.2 Å². The maximum atomic E-state index is 11.8. The number of primary amides is 1. The molecule has 0 aromatic heterocycles. The van der Waals surface area contributed by atoms with Crippen LogP contribution in [0.5, 0.6) is 0 Å². The smallest absolute Gasteiger partial charge is 0.248 e. The Morgan fingerprint density at radius 2 is 2.22 bits per heavy atom. The maximum absolute atomic E-state index is 11.8. The van der Waals surface area contributed by atoms with Gasteiger partial charge in [-0.05, 0) is 62.0 Å². The average molecular weight is 370 g/mol. The molecule has 2 aliphatic carbocycles. The molecule has 1 unspecified atom stereocenters. The summed E-state index contributed by atoms with van der Waals surface area (Å²) < 4.78 is 0. The molecule has 0 fully saturated rings. The fourth-order valence-electron chi connectivity index (χ4n) is 4.94. The average Bonchev–Trinajstić information content (AvgIpc) is 2.62. The van der Waals surface area contributed by atoms with Crippen LogP contribution in [-0.2, 0) is 11.8 Å². The van der Waals surface area contributed by atoms with Gasteiger partial charge in [0.25, 0.3) is 0 Å². The van der Waals surface area contributed by atoms with Crippen LogP contribution < -0.4 is 5.73 Å². The van der Waals surface area contributed by atoms with Gasteiger partial charge in [0.1, 0.15) is 0 Å². The van der Waals surface area contributed by atoms with Crippen LogP contribution >= 0.6 is 0 Å². The highest BCUT2D eigenvalue weighted by Gasteiger charge is 2.58. The van der Waals surface area contributed by atoms with Gasteiger partial charge in [0.15, 0.2) is 0 Å². The first kappa shape index (κ1) is 19.8. The monoisotopic (exact) mass is 370 g/mol. The molecule has 0 bridgehead atoms. The van der Waals surface area contributed by atoms with Crippen molar-refractivity contribution >= 4 is 5.91 Å². The molecule has 3 rings (SSSR count). The Morgan fingerprint density at radius 1 is 1.48 bits per heavy atom. The zero-order valence-corrected chi connectivity index (χ0v) is 16.2. The van der Waals surface area contributed by atoms with Crippen molar-refractivity contribution in [2.45, 2.75) is 43.3 Å². The zero-order chi connectivity index (χ0) is 19.8. The SMILES string of the molecule is C=CCN(C)CC[C@]12CC(O)C=C[C@@]1(O)[C@H](C)Cc1ccc(C(N)=O)cc12. The quantitative estimate of drug-likeness (QED) is 0.666. The third kappa shape index (κ3) is 3.24. The highest BCUT2D eigenvalue weighted by atomic mass is 16.3. The van der Waals surface area contributed by atoms with E-state index in [0.717, 1.165) is 30.6 Å². The van der Waals surface area contributed by atoms with Crippen LogP contribution in [0.2, 0.25) is 0 Å². The number of benzene rings is 1. The number of carbonyl (C=O) groups is 1. The fourth-order valence-corrected chi connectivity index (χ4v) is 4.94. The van der Waals surface area contributed by atoms with Crippen molar-refractivity contribution in [3.05, 3.63) is 59.7 Å². The van der Waals surface area contributed by atoms with E-state index >= 15 is 0 Å². The molecular formula is C22H30N2O3. The van der Waals surface area contributed by atoms with Crippen LogP contribution in [0.1, 0.15) is 41.3 Å². The summed E-state index contributed by atoms with van der Waals surface area (Å²) in [5.41, 5.74) is 6.27. The molecule has 0 radical (unpaired) electrons. The van der Waals surface area contributed by atoms with Gasteiger partial charge in [-0.2, -0.15) is 0 Å². The zero-order valence-electron chi connectivity index (χ0n) is 16.2. The standard InChI is InChI=1S/C22H30N2O3/c1-4-10-24(3)11-9-21-14-18(25)7-8-22(21,27)15(2)12-16-5-6-17(20(23)26)13-19(16)21/h4-8,13,15,18,25,27H,1,9-12,14H2,2-3H3,(H2,23,26)/t15-,18?,21-,22-/m1/s1. The van der Waals surface area contributed by atoms with Gasteiger partial charge >= 0.3 is 0 Å². The molecular weight excluding hydrogens is 340 g/mol. The third-order valence-corrected chi connectivity index (χ3v) is 6.45. The summed E-state index contributed by atoms with van der Waals surface area (Å²) in [6, 6.07) is 5.53. The van der Waals surface area contributed by atoms with Crippen molar-refractivity contribution in [2.24, 2.45) is 11.7 Å². The second-order valence-electron chi connectivity index (χ2n) is 8.18. The number of aliphatic hydroxyl groups is 2. The van der Waals surface area contributed by atoms with E-state index in [0.29, 0.717) is 18.4 Å². The molecule has 0 heterocycles. The minimum absolute atomic E-state index is 0.00196. The number of hydrogen-bond acceptors (Lipinski definition) is 4. The number of likely N-dealkylation sites (N-methyl/N-ethyl adjacent to an activating group) is 1. The Balaban J connectivity index is 2.15. The van der Waals surface area contributed by atoms with Gasteiger partial charge in [-0.15, -0.1) is 6.58 Å². The Hall–Kier alpha value is -1.95. The first-order valence-corrected chi connectivity index (χ1v) is 9.56. The first-order valence-electron chi connectivity index (χ1n) is 9.56. The number of hydrogen-bond donors (Lipinski definition) is 3. The van der Waals surface area contributed by atoms with E-state index in [4.69, 9.17) is 5.73 Å². The van der Waals surface area contributed by atoms with E-state index in [1.165, 1.54) is 0 Å². The number of fused-ring (bicyclic) bond motifs is 3. The summed E-state index contributed by atoms with van der Waals surface area (Å²) in [6.45, 7) is 7.32. The molecule has 27 heavy (non-hydrogen) atoms. The number of carbonyl (C=O) groups excluding carboxylic acids is 1. The van der Waals surface area contributed by atoms with Crippen LogP contribution in [0.4, 0.5) is 0 Å². The predicted octanol–water partition coefficient (Wildman–Crippen LogP) is 1.78. The molecule has 0 spiro atoms. The normalized spacial score (nSPS) is 32.0. The molecule has 1 aromatic rings. The van der Waals surface area contributed by atoms with Crippen molar-refractivity contribution < 1.29 is 15.0 Å². The van der Waals surface area contributed by atoms with E-state index in [1.807, 2.05) is 25.3 Å². The summed E-state index contributed by atoms with van der Waals surface area (Å²) in [5, 5.41) is 22.3. The van der Waals surface area contributed by atoms with E-state index < -0.39 is 23.0 Å². The Kier molecular flexibility index (Phi) is 5.30. The summed E-state index contributed by atoms with van der Waals surface area (Å²) in [6.07, 6.45) is 6.49. The Labute approximate surface area is 161 Å². The number of amides is 1. The molecule has 1 amide bonds. The lowest BCUT2D eigenvalue weighted by molar-refractivity contribution is -0.0792. The minimum atomic E-state index is -1.08. The fraction of sp³-hybridized carbons (Fsp3) is 0.500. The van der Waals surface area contributed by atoms with Crippen molar-refractivity contribution in [1.29, 1.82) is 0 Å². The number of rotatable bonds is 6. The molecule has 5 heteroatoms. The molecule has 0 aliphatic heterocycles. The lowest BCUT2D eigenvalue weighted by atomic mass is 9.51. The van der Waals surface area contributed by atoms with E-state index in [1.54, 1.807) is 18.2 Å². The number of nitrogens with zero attached hydrogens (tertiary/aromatic N) is 1. The summed E-state index contributed by atoms with van der Waals surface area (Å²) in [5.74, 6) is -0.483. The van der Waals surface area contributed by atoms with Crippen LogP contribution in [0, 0.1) is 5.92 Å². The number of nitrogens with two attached hydrogens (primary N) is 1. The lowest BCUT2D eigenvalue weighted by Gasteiger charge is -2.56. The minimum Gasteiger partial charge on any atom is -0.389 e. The summed E-state index contributed by atoms with van der Waals surface area (Å²) >= 11 is 0. The number of aliphatic hydroxyl groups excluding tert-OH is 1. The van der Waals surface area contributed by atoms with Gasteiger partial charge in [0, 0.05) is 17.5 Å². The predicted molar refractivity (Wildman–Crippen MR) is 107 cm³/mol. The van der Waals surface area contributed by atoms with Gasteiger partial charge in [0.05, 0.1) is 11.7 Å². The summed E-state index contributed by atoms with van der Waals surface area (Å²) in [4.78, 5) is 13.9. The van der Waals surface area contributed by atoms with E-state index in [-0.39, 0.29) is 5.92 Å². The van der Waals surface area contributed by atoms with Crippen LogP contribution in [0.3, 0.4) is 0 Å². The lowest BCUT2D eigenvalue weighted by Crippen LogP contribution is -2.61. The van der Waals surface area contributed by atoms with E-state index in [2.05, 4.69) is 18.4 Å². The molecule has 146 valence electrons. The Morgan fingerprint density at radius 3 is 2.89 bits per heavy atom. The second kappa shape index (κ2) is 7.23. The molecule has 5 nitrogen and oxygen atoms in total. The topological polar surface area (TPSA) is 86.8 Å². The highest BCUT2D eigenvalue weighted by Crippen LogP contribution is 2.54. The largest absolute Gasteiger partial charge is 0.389 e. The molecule has 1 aromatic carbocycles.